The summed E-state index contributed by atoms with van der Waals surface area (Å²) in [5.74, 6) is 1.81. The predicted molar refractivity (Wildman–Crippen MR) is 122 cm³/mol. The van der Waals surface area contributed by atoms with Gasteiger partial charge in [-0.3, -0.25) is 4.79 Å². The number of fused-ring (bicyclic) bond motifs is 1. The molecule has 1 amide bonds. The Morgan fingerprint density at radius 3 is 2.88 bits per heavy atom. The zero-order valence-electron chi connectivity index (χ0n) is 18.6. The maximum Gasteiger partial charge on any atom is 0.274 e. The highest BCUT2D eigenvalue weighted by atomic mass is 16.5. The van der Waals surface area contributed by atoms with E-state index in [0.29, 0.717) is 43.5 Å². The summed E-state index contributed by atoms with van der Waals surface area (Å²) in [5, 5.41) is 0. The number of nitrogens with zero attached hydrogens (tertiary/aromatic N) is 5. The van der Waals surface area contributed by atoms with Crippen LogP contribution in [0.3, 0.4) is 0 Å². The summed E-state index contributed by atoms with van der Waals surface area (Å²) in [6.45, 7) is 2.36. The van der Waals surface area contributed by atoms with E-state index in [9.17, 15) is 4.79 Å². The van der Waals surface area contributed by atoms with E-state index < -0.39 is 0 Å². The van der Waals surface area contributed by atoms with Crippen LogP contribution in [0.2, 0.25) is 0 Å². The number of aryl methyl sites for hydroxylation is 1. The van der Waals surface area contributed by atoms with Crippen molar-refractivity contribution in [3.05, 3.63) is 48.7 Å². The Morgan fingerprint density at radius 2 is 2.12 bits per heavy atom. The SMILES string of the molecule is COc1ncc(N2CCOc3ccc(OC4CCN(C(=O)c5cn(C)cn5)C4)cc32)cc1N. The fourth-order valence-corrected chi connectivity index (χ4v) is 4.20. The number of anilines is 3. The minimum Gasteiger partial charge on any atom is -0.490 e. The Balaban J connectivity index is 1.31. The Bertz CT molecular complexity index is 1180. The van der Waals surface area contributed by atoms with E-state index in [1.807, 2.05) is 31.3 Å². The average Bonchev–Trinajstić information content (AvgIpc) is 3.47. The number of nitrogen functional groups attached to an aromatic ring is 1. The van der Waals surface area contributed by atoms with Crippen LogP contribution >= 0.6 is 0 Å². The molecule has 2 aliphatic rings. The topological polar surface area (TPSA) is 108 Å². The maximum absolute atomic E-state index is 12.7. The van der Waals surface area contributed by atoms with E-state index in [4.69, 9.17) is 19.9 Å². The van der Waals surface area contributed by atoms with Crippen LogP contribution in [-0.2, 0) is 7.05 Å². The van der Waals surface area contributed by atoms with Gasteiger partial charge in [0.2, 0.25) is 5.88 Å². The number of benzene rings is 1. The first-order valence-electron chi connectivity index (χ1n) is 10.8. The normalized spacial score (nSPS) is 17.5. The molecule has 1 aromatic carbocycles. The van der Waals surface area contributed by atoms with Crippen LogP contribution in [0.5, 0.6) is 17.4 Å². The van der Waals surface area contributed by atoms with Crippen molar-refractivity contribution in [3.8, 4) is 17.4 Å². The third-order valence-electron chi connectivity index (χ3n) is 5.82. The second kappa shape index (κ2) is 8.53. The van der Waals surface area contributed by atoms with Gasteiger partial charge in [0.1, 0.15) is 29.9 Å². The van der Waals surface area contributed by atoms with Crippen LogP contribution in [0.25, 0.3) is 0 Å². The number of hydrogen-bond donors (Lipinski definition) is 1. The highest BCUT2D eigenvalue weighted by molar-refractivity contribution is 5.92. The zero-order valence-corrected chi connectivity index (χ0v) is 18.6. The van der Waals surface area contributed by atoms with Crippen molar-refractivity contribution in [1.29, 1.82) is 0 Å². The van der Waals surface area contributed by atoms with Crippen LogP contribution in [0, 0.1) is 0 Å². The van der Waals surface area contributed by atoms with Gasteiger partial charge in [-0.05, 0) is 18.2 Å². The number of nitrogens with two attached hydrogens (primary N) is 1. The number of pyridine rings is 1. The third kappa shape index (κ3) is 4.11. The van der Waals surface area contributed by atoms with Gasteiger partial charge in [-0.2, -0.15) is 0 Å². The van der Waals surface area contributed by atoms with Crippen molar-refractivity contribution in [3.63, 3.8) is 0 Å². The molecule has 1 atom stereocenters. The molecule has 0 spiro atoms. The number of ether oxygens (including phenoxy) is 3. The van der Waals surface area contributed by atoms with Crippen molar-refractivity contribution in [2.45, 2.75) is 12.5 Å². The number of carbonyl (C=O) groups is 1. The molecule has 2 aliphatic heterocycles. The molecular weight excluding hydrogens is 424 g/mol. The molecule has 3 aromatic rings. The molecule has 1 unspecified atom stereocenters. The number of rotatable bonds is 5. The zero-order chi connectivity index (χ0) is 22.9. The molecule has 4 heterocycles. The second-order valence-electron chi connectivity index (χ2n) is 8.13. The monoisotopic (exact) mass is 450 g/mol. The summed E-state index contributed by atoms with van der Waals surface area (Å²) in [5.41, 5.74) is 8.72. The van der Waals surface area contributed by atoms with E-state index in [0.717, 1.165) is 29.3 Å². The van der Waals surface area contributed by atoms with Gasteiger partial charge in [0.15, 0.2) is 0 Å². The van der Waals surface area contributed by atoms with Crippen molar-refractivity contribution < 1.29 is 19.0 Å². The first-order chi connectivity index (χ1) is 16.0. The van der Waals surface area contributed by atoms with Crippen molar-refractivity contribution in [2.24, 2.45) is 7.05 Å². The molecule has 10 nitrogen and oxygen atoms in total. The van der Waals surface area contributed by atoms with E-state index in [2.05, 4.69) is 14.9 Å². The molecule has 1 fully saturated rings. The van der Waals surface area contributed by atoms with Crippen LogP contribution in [-0.4, -0.2) is 64.8 Å². The second-order valence-corrected chi connectivity index (χ2v) is 8.13. The highest BCUT2D eigenvalue weighted by Crippen LogP contribution is 2.40. The molecular formula is C23H26N6O4. The lowest BCUT2D eigenvalue weighted by Crippen LogP contribution is -2.31. The Kier molecular flexibility index (Phi) is 5.41. The summed E-state index contributed by atoms with van der Waals surface area (Å²) in [6.07, 6.45) is 5.76. The van der Waals surface area contributed by atoms with Crippen molar-refractivity contribution in [2.75, 3.05) is 44.0 Å². The first-order valence-corrected chi connectivity index (χ1v) is 10.8. The number of likely N-dealkylation sites (tertiary alicyclic amines) is 1. The summed E-state index contributed by atoms with van der Waals surface area (Å²) >= 11 is 0. The third-order valence-corrected chi connectivity index (χ3v) is 5.82. The summed E-state index contributed by atoms with van der Waals surface area (Å²) < 4.78 is 19.0. The van der Waals surface area contributed by atoms with Crippen LogP contribution in [0.1, 0.15) is 16.9 Å². The van der Waals surface area contributed by atoms with Gasteiger partial charge in [-0.25, -0.2) is 9.97 Å². The molecule has 0 bridgehead atoms. The van der Waals surface area contributed by atoms with Crippen LogP contribution in [0.15, 0.2) is 43.0 Å². The molecule has 172 valence electrons. The number of carbonyl (C=O) groups excluding carboxylic acids is 1. The smallest absolute Gasteiger partial charge is 0.274 e. The van der Waals surface area contributed by atoms with Crippen LogP contribution < -0.4 is 24.8 Å². The van der Waals surface area contributed by atoms with E-state index in [1.165, 1.54) is 0 Å². The van der Waals surface area contributed by atoms with Gasteiger partial charge in [0, 0.05) is 32.3 Å². The molecule has 10 heteroatoms. The highest BCUT2D eigenvalue weighted by Gasteiger charge is 2.30. The van der Waals surface area contributed by atoms with Crippen LogP contribution in [0.4, 0.5) is 17.1 Å². The summed E-state index contributed by atoms with van der Waals surface area (Å²) in [6, 6.07) is 7.60. The number of amides is 1. The molecule has 0 aliphatic carbocycles. The number of methoxy groups -OCH3 is 1. The lowest BCUT2D eigenvalue weighted by molar-refractivity contribution is 0.0767. The molecule has 0 radical (unpaired) electrons. The average molecular weight is 450 g/mol. The van der Waals surface area contributed by atoms with Gasteiger partial charge in [0.05, 0.1) is 49.8 Å². The van der Waals surface area contributed by atoms with E-state index in [1.54, 1.807) is 35.3 Å². The minimum atomic E-state index is -0.0908. The Labute approximate surface area is 191 Å². The fraction of sp³-hybridized carbons (Fsp3) is 0.348. The standard InChI is InChI=1S/C23H26N6O4/c1-27-13-19(26-14-27)23(30)28-6-5-17(12-28)33-16-3-4-21-20(10-16)29(7-8-32-21)15-9-18(24)22(31-2)25-11-15/h3-4,9-11,13-14,17H,5-8,12,24H2,1-2H3. The Morgan fingerprint density at radius 1 is 1.24 bits per heavy atom. The lowest BCUT2D eigenvalue weighted by atomic mass is 10.2. The van der Waals surface area contributed by atoms with Gasteiger partial charge in [-0.1, -0.05) is 0 Å². The van der Waals surface area contributed by atoms with Gasteiger partial charge < -0.3 is 34.3 Å². The lowest BCUT2D eigenvalue weighted by Gasteiger charge is -2.31. The Hall–Kier alpha value is -3.95. The molecule has 33 heavy (non-hydrogen) atoms. The van der Waals surface area contributed by atoms with E-state index >= 15 is 0 Å². The molecule has 0 saturated carbocycles. The van der Waals surface area contributed by atoms with Gasteiger partial charge >= 0.3 is 0 Å². The predicted octanol–water partition coefficient (Wildman–Crippen LogP) is 2.23. The first kappa shape index (κ1) is 20.9. The van der Waals surface area contributed by atoms with E-state index in [-0.39, 0.29) is 12.0 Å². The number of aromatic nitrogens is 3. The largest absolute Gasteiger partial charge is 0.490 e. The molecule has 5 rings (SSSR count). The van der Waals surface area contributed by atoms with Gasteiger partial charge in [-0.15, -0.1) is 0 Å². The van der Waals surface area contributed by atoms with Crippen molar-refractivity contribution in [1.82, 2.24) is 19.4 Å². The summed E-state index contributed by atoms with van der Waals surface area (Å²) in [7, 11) is 3.39. The molecule has 2 N–H and O–H groups in total. The molecule has 1 saturated heterocycles. The molecule has 2 aromatic heterocycles. The minimum absolute atomic E-state index is 0.0729. The number of hydrogen-bond acceptors (Lipinski definition) is 8. The number of imidazole rings is 1. The fourth-order valence-electron chi connectivity index (χ4n) is 4.20. The quantitative estimate of drug-likeness (QED) is 0.631. The maximum atomic E-state index is 12.7. The van der Waals surface area contributed by atoms with Crippen molar-refractivity contribution >= 4 is 23.0 Å². The van der Waals surface area contributed by atoms with Gasteiger partial charge in [0.25, 0.3) is 5.91 Å². The summed E-state index contributed by atoms with van der Waals surface area (Å²) in [4.78, 5) is 25.0.